The molecule has 4 rings (SSSR count). The fourth-order valence-corrected chi connectivity index (χ4v) is 2.61. The van der Waals surface area contributed by atoms with Crippen LogP contribution in [0.1, 0.15) is 11.9 Å². The van der Waals surface area contributed by atoms with Gasteiger partial charge in [-0.05, 0) is 12.1 Å². The van der Waals surface area contributed by atoms with Crippen LogP contribution in [0.15, 0.2) is 24.3 Å². The van der Waals surface area contributed by atoms with Gasteiger partial charge in [-0.1, -0.05) is 23.5 Å². The molecule has 7 nitrogen and oxygen atoms in total. The molecule has 0 fully saturated rings. The largest absolute Gasteiger partial charge is 0.485 e. The normalized spacial score (nSPS) is 17.8. The van der Waals surface area contributed by atoms with Gasteiger partial charge in [0.2, 0.25) is 10.1 Å². The lowest BCUT2D eigenvalue weighted by atomic mass is 10.2. The molecule has 0 bridgehead atoms. The maximum absolute atomic E-state index is 5.87. The van der Waals surface area contributed by atoms with Gasteiger partial charge < -0.3 is 15.2 Å². The fourth-order valence-electron chi connectivity index (χ4n) is 1.99. The molecule has 0 radical (unpaired) electrons. The lowest BCUT2D eigenvalue weighted by molar-refractivity contribution is 0.0836. The molecular formula is C11H9N5O2S. The van der Waals surface area contributed by atoms with Gasteiger partial charge in [0.05, 0.1) is 0 Å². The van der Waals surface area contributed by atoms with Crippen LogP contribution in [0.5, 0.6) is 11.5 Å². The maximum Gasteiger partial charge on any atom is 0.236 e. The number of ether oxygens (including phenoxy) is 2. The number of hydrogen-bond acceptors (Lipinski definition) is 7. The molecule has 2 aromatic heterocycles. The average Bonchev–Trinajstić information content (AvgIpc) is 2.97. The fraction of sp³-hybridized carbons (Fsp3) is 0.182. The molecule has 3 heterocycles. The number of nitrogens with zero attached hydrogens (tertiary/aromatic N) is 4. The van der Waals surface area contributed by atoms with E-state index in [1.54, 1.807) is 4.52 Å². The minimum Gasteiger partial charge on any atom is -0.485 e. The lowest BCUT2D eigenvalue weighted by Gasteiger charge is -2.24. The number of nitrogen functional groups attached to an aromatic ring is 1. The van der Waals surface area contributed by atoms with Gasteiger partial charge in [0.25, 0.3) is 0 Å². The topological polar surface area (TPSA) is 87.6 Å². The standard InChI is InChI=1S/C11H9N5O2S/c12-10-15-16-9(13-14-11(16)19-10)8-5-17-6-3-1-2-4-7(6)18-8/h1-4,8H,5H2,(H2,12,15). The molecule has 1 aliphatic heterocycles. The molecule has 96 valence electrons. The molecule has 0 saturated carbocycles. The van der Waals surface area contributed by atoms with Crippen molar-refractivity contribution in [3.63, 3.8) is 0 Å². The second-order valence-electron chi connectivity index (χ2n) is 4.06. The highest BCUT2D eigenvalue weighted by Gasteiger charge is 2.27. The third kappa shape index (κ3) is 1.60. The number of aromatic nitrogens is 4. The van der Waals surface area contributed by atoms with Crippen LogP contribution >= 0.6 is 11.3 Å². The van der Waals surface area contributed by atoms with Crippen LogP contribution in [0.2, 0.25) is 0 Å². The molecule has 8 heteroatoms. The summed E-state index contributed by atoms with van der Waals surface area (Å²) in [6, 6.07) is 7.52. The van der Waals surface area contributed by atoms with Crippen molar-refractivity contribution in [3.8, 4) is 11.5 Å². The number of rotatable bonds is 1. The number of hydrogen-bond donors (Lipinski definition) is 1. The number of benzene rings is 1. The Balaban J connectivity index is 1.74. The molecule has 1 atom stereocenters. The van der Waals surface area contributed by atoms with Crippen LogP contribution in [0.4, 0.5) is 5.13 Å². The van der Waals surface area contributed by atoms with Crippen LogP contribution in [0.25, 0.3) is 4.96 Å². The Morgan fingerprint density at radius 3 is 3.00 bits per heavy atom. The molecule has 3 aromatic rings. The van der Waals surface area contributed by atoms with Gasteiger partial charge in [0.1, 0.15) is 6.61 Å². The first kappa shape index (κ1) is 10.6. The van der Waals surface area contributed by atoms with Crippen LogP contribution < -0.4 is 15.2 Å². The molecule has 0 saturated heterocycles. The van der Waals surface area contributed by atoms with Crippen LogP contribution in [0, 0.1) is 0 Å². The van der Waals surface area contributed by atoms with E-state index in [-0.39, 0.29) is 6.10 Å². The summed E-state index contributed by atoms with van der Waals surface area (Å²) in [6.07, 6.45) is -0.341. The van der Waals surface area contributed by atoms with E-state index in [4.69, 9.17) is 15.2 Å². The van der Waals surface area contributed by atoms with Gasteiger partial charge in [0.15, 0.2) is 23.4 Å². The molecule has 0 spiro atoms. The second kappa shape index (κ2) is 3.82. The third-order valence-corrected chi connectivity index (χ3v) is 3.56. The molecule has 0 aliphatic carbocycles. The van der Waals surface area contributed by atoms with E-state index in [1.165, 1.54) is 11.3 Å². The molecule has 0 amide bonds. The zero-order chi connectivity index (χ0) is 12.8. The minimum atomic E-state index is -0.341. The van der Waals surface area contributed by atoms with E-state index >= 15 is 0 Å². The monoisotopic (exact) mass is 275 g/mol. The highest BCUT2D eigenvalue weighted by Crippen LogP contribution is 2.35. The Kier molecular flexibility index (Phi) is 2.12. The predicted molar refractivity (Wildman–Crippen MR) is 68.4 cm³/mol. The maximum atomic E-state index is 5.87. The Morgan fingerprint density at radius 2 is 2.11 bits per heavy atom. The van der Waals surface area contributed by atoms with Crippen molar-refractivity contribution in [1.82, 2.24) is 19.8 Å². The van der Waals surface area contributed by atoms with Gasteiger partial charge in [-0.3, -0.25) is 0 Å². The van der Waals surface area contributed by atoms with E-state index in [0.29, 0.717) is 28.3 Å². The Labute approximate surface area is 111 Å². The number of para-hydroxylation sites is 2. The summed E-state index contributed by atoms with van der Waals surface area (Å²) < 4.78 is 13.1. The predicted octanol–water partition coefficient (Wildman–Crippen LogP) is 1.28. The van der Waals surface area contributed by atoms with E-state index < -0.39 is 0 Å². The van der Waals surface area contributed by atoms with Crippen molar-refractivity contribution in [1.29, 1.82) is 0 Å². The van der Waals surface area contributed by atoms with Crippen molar-refractivity contribution in [3.05, 3.63) is 30.1 Å². The Hall–Kier alpha value is -2.35. The van der Waals surface area contributed by atoms with Crippen LogP contribution in [-0.2, 0) is 0 Å². The lowest BCUT2D eigenvalue weighted by Crippen LogP contribution is -2.23. The number of anilines is 1. The van der Waals surface area contributed by atoms with E-state index in [9.17, 15) is 0 Å². The van der Waals surface area contributed by atoms with Crippen molar-refractivity contribution in [2.45, 2.75) is 6.10 Å². The van der Waals surface area contributed by atoms with Gasteiger partial charge in [-0.15, -0.1) is 15.3 Å². The van der Waals surface area contributed by atoms with Gasteiger partial charge >= 0.3 is 0 Å². The van der Waals surface area contributed by atoms with Crippen molar-refractivity contribution in [2.24, 2.45) is 0 Å². The highest BCUT2D eigenvalue weighted by molar-refractivity contribution is 7.20. The first-order chi connectivity index (χ1) is 9.31. The zero-order valence-electron chi connectivity index (χ0n) is 9.68. The van der Waals surface area contributed by atoms with E-state index in [1.807, 2.05) is 24.3 Å². The summed E-state index contributed by atoms with van der Waals surface area (Å²) in [7, 11) is 0. The third-order valence-electron chi connectivity index (χ3n) is 2.83. The summed E-state index contributed by atoms with van der Waals surface area (Å²) in [4.78, 5) is 0.648. The SMILES string of the molecule is Nc1nn2c(C3COc4ccccc4O3)nnc2s1. The van der Waals surface area contributed by atoms with E-state index in [0.717, 1.165) is 5.75 Å². The molecule has 19 heavy (non-hydrogen) atoms. The van der Waals surface area contributed by atoms with Gasteiger partial charge in [0, 0.05) is 0 Å². The van der Waals surface area contributed by atoms with Crippen LogP contribution in [0.3, 0.4) is 0 Å². The number of nitrogens with two attached hydrogens (primary N) is 1. The smallest absolute Gasteiger partial charge is 0.236 e. The summed E-state index contributed by atoms with van der Waals surface area (Å²) in [6.45, 7) is 0.370. The quantitative estimate of drug-likeness (QED) is 0.719. The highest BCUT2D eigenvalue weighted by atomic mass is 32.1. The molecule has 2 N–H and O–H groups in total. The zero-order valence-corrected chi connectivity index (χ0v) is 10.5. The Bertz CT molecular complexity index is 752. The summed E-state index contributed by atoms with van der Waals surface area (Å²) >= 11 is 1.28. The van der Waals surface area contributed by atoms with Gasteiger partial charge in [-0.2, -0.15) is 4.52 Å². The van der Waals surface area contributed by atoms with Crippen LogP contribution in [-0.4, -0.2) is 26.4 Å². The molecule has 1 unspecified atom stereocenters. The second-order valence-corrected chi connectivity index (χ2v) is 5.04. The van der Waals surface area contributed by atoms with Crippen molar-refractivity contribution in [2.75, 3.05) is 12.3 Å². The number of fused-ring (bicyclic) bond motifs is 2. The Morgan fingerprint density at radius 1 is 1.26 bits per heavy atom. The average molecular weight is 275 g/mol. The first-order valence-corrected chi connectivity index (χ1v) is 6.49. The summed E-state index contributed by atoms with van der Waals surface area (Å²) in [5.41, 5.74) is 5.66. The summed E-state index contributed by atoms with van der Waals surface area (Å²) in [5, 5.41) is 12.7. The minimum absolute atomic E-state index is 0.341. The van der Waals surface area contributed by atoms with E-state index in [2.05, 4.69) is 15.3 Å². The molecular weight excluding hydrogens is 266 g/mol. The molecule has 1 aliphatic rings. The van der Waals surface area contributed by atoms with Gasteiger partial charge in [-0.25, -0.2) is 0 Å². The molecule has 1 aromatic carbocycles. The first-order valence-electron chi connectivity index (χ1n) is 5.67. The van der Waals surface area contributed by atoms with Crippen molar-refractivity contribution >= 4 is 21.4 Å². The van der Waals surface area contributed by atoms with Crippen molar-refractivity contribution < 1.29 is 9.47 Å². The summed E-state index contributed by atoms with van der Waals surface area (Å²) in [5.74, 6) is 2.02.